The van der Waals surface area contributed by atoms with E-state index < -0.39 is 0 Å². The Kier molecular flexibility index (Phi) is 3.92. The lowest BCUT2D eigenvalue weighted by Crippen LogP contribution is -2.32. The Labute approximate surface area is 106 Å². The van der Waals surface area contributed by atoms with E-state index in [9.17, 15) is 4.79 Å². The molecule has 1 aliphatic heterocycles. The number of ether oxygens (including phenoxy) is 2. The minimum Gasteiger partial charge on any atom is -0.486 e. The normalized spacial score (nSPS) is 13.3. The molecule has 1 aliphatic rings. The summed E-state index contributed by atoms with van der Waals surface area (Å²) in [5.74, 6) is 1.69. The number of carbonyl (C=O) groups is 1. The summed E-state index contributed by atoms with van der Waals surface area (Å²) in [6.45, 7) is 5.76. The third kappa shape index (κ3) is 3.06. The van der Waals surface area contributed by atoms with Crippen molar-refractivity contribution in [2.75, 3.05) is 25.1 Å². The van der Waals surface area contributed by atoms with Crippen molar-refractivity contribution in [3.63, 3.8) is 0 Å². The first-order valence-electron chi connectivity index (χ1n) is 6.10. The van der Waals surface area contributed by atoms with Gasteiger partial charge >= 0.3 is 6.03 Å². The summed E-state index contributed by atoms with van der Waals surface area (Å²) in [5, 5.41) is 5.56. The summed E-state index contributed by atoms with van der Waals surface area (Å²) in [6, 6.07) is 5.21. The second kappa shape index (κ2) is 5.62. The zero-order valence-corrected chi connectivity index (χ0v) is 10.7. The van der Waals surface area contributed by atoms with E-state index in [1.165, 1.54) is 0 Å². The van der Waals surface area contributed by atoms with Crippen molar-refractivity contribution in [1.82, 2.24) is 5.32 Å². The van der Waals surface area contributed by atoms with Gasteiger partial charge in [0.05, 0.1) is 5.69 Å². The first-order valence-corrected chi connectivity index (χ1v) is 6.10. The van der Waals surface area contributed by atoms with Gasteiger partial charge in [0, 0.05) is 6.54 Å². The lowest BCUT2D eigenvalue weighted by molar-refractivity contribution is 0.172. The second-order valence-electron chi connectivity index (χ2n) is 4.56. The van der Waals surface area contributed by atoms with Crippen LogP contribution in [0.15, 0.2) is 18.2 Å². The molecule has 98 valence electrons. The quantitative estimate of drug-likeness (QED) is 0.864. The average Bonchev–Trinajstić information content (AvgIpc) is 2.37. The van der Waals surface area contributed by atoms with Gasteiger partial charge in [-0.15, -0.1) is 0 Å². The number of anilines is 1. The molecule has 2 N–H and O–H groups in total. The van der Waals surface area contributed by atoms with Crippen LogP contribution in [-0.2, 0) is 0 Å². The van der Waals surface area contributed by atoms with Crippen molar-refractivity contribution < 1.29 is 14.3 Å². The first kappa shape index (κ1) is 12.5. The van der Waals surface area contributed by atoms with Crippen LogP contribution in [0.25, 0.3) is 0 Å². The maximum atomic E-state index is 11.7. The number of benzene rings is 1. The van der Waals surface area contributed by atoms with Crippen molar-refractivity contribution in [1.29, 1.82) is 0 Å². The molecule has 1 aromatic carbocycles. The number of hydrogen-bond acceptors (Lipinski definition) is 3. The molecule has 0 saturated carbocycles. The van der Waals surface area contributed by atoms with Crippen LogP contribution in [0.5, 0.6) is 11.5 Å². The van der Waals surface area contributed by atoms with Gasteiger partial charge in [0.25, 0.3) is 0 Å². The molecule has 1 aromatic rings. The van der Waals surface area contributed by atoms with Gasteiger partial charge in [0.1, 0.15) is 13.2 Å². The molecule has 0 radical (unpaired) electrons. The van der Waals surface area contributed by atoms with Gasteiger partial charge in [-0.05, 0) is 18.1 Å². The van der Waals surface area contributed by atoms with E-state index in [1.807, 2.05) is 26.0 Å². The summed E-state index contributed by atoms with van der Waals surface area (Å²) in [7, 11) is 0. The fourth-order valence-corrected chi connectivity index (χ4v) is 1.64. The number of fused-ring (bicyclic) bond motifs is 1. The van der Waals surface area contributed by atoms with E-state index in [0.29, 0.717) is 42.9 Å². The Morgan fingerprint density at radius 1 is 1.33 bits per heavy atom. The molecule has 0 atom stereocenters. The van der Waals surface area contributed by atoms with Crippen LogP contribution < -0.4 is 20.1 Å². The Bertz CT molecular complexity index is 432. The number of carbonyl (C=O) groups excluding carboxylic acids is 1. The van der Waals surface area contributed by atoms with Gasteiger partial charge in [-0.3, -0.25) is 0 Å². The summed E-state index contributed by atoms with van der Waals surface area (Å²) in [4.78, 5) is 11.7. The molecule has 0 aromatic heterocycles. The predicted molar refractivity (Wildman–Crippen MR) is 69.3 cm³/mol. The maximum Gasteiger partial charge on any atom is 0.319 e. The highest BCUT2D eigenvalue weighted by atomic mass is 16.6. The molecule has 0 bridgehead atoms. The molecule has 0 spiro atoms. The number of urea groups is 1. The molecular formula is C13H18N2O3. The lowest BCUT2D eigenvalue weighted by Gasteiger charge is -2.21. The van der Waals surface area contributed by atoms with Crippen LogP contribution in [0, 0.1) is 5.92 Å². The lowest BCUT2D eigenvalue weighted by atomic mass is 10.2. The molecule has 1 heterocycles. The van der Waals surface area contributed by atoms with Crippen molar-refractivity contribution in [3.8, 4) is 11.5 Å². The average molecular weight is 250 g/mol. The number of rotatable bonds is 3. The molecule has 2 amide bonds. The van der Waals surface area contributed by atoms with Crippen LogP contribution in [0.3, 0.4) is 0 Å². The molecule has 18 heavy (non-hydrogen) atoms. The second-order valence-corrected chi connectivity index (χ2v) is 4.56. The number of nitrogens with one attached hydrogen (secondary N) is 2. The fourth-order valence-electron chi connectivity index (χ4n) is 1.64. The molecule has 0 fully saturated rings. The Morgan fingerprint density at radius 3 is 2.89 bits per heavy atom. The van der Waals surface area contributed by atoms with Crippen molar-refractivity contribution in [3.05, 3.63) is 18.2 Å². The number of amides is 2. The van der Waals surface area contributed by atoms with Gasteiger partial charge in [-0.25, -0.2) is 4.79 Å². The third-order valence-electron chi connectivity index (χ3n) is 2.49. The minimum absolute atomic E-state index is 0.230. The zero-order chi connectivity index (χ0) is 13.0. The van der Waals surface area contributed by atoms with Gasteiger partial charge in [-0.2, -0.15) is 0 Å². The Balaban J connectivity index is 2.03. The van der Waals surface area contributed by atoms with Gasteiger partial charge < -0.3 is 20.1 Å². The fraction of sp³-hybridized carbons (Fsp3) is 0.462. The molecule has 0 unspecified atom stereocenters. The molecule has 0 aliphatic carbocycles. The van der Waals surface area contributed by atoms with E-state index in [-0.39, 0.29) is 6.03 Å². The predicted octanol–water partition coefficient (Wildman–Crippen LogP) is 2.24. The molecule has 0 saturated heterocycles. The molecule has 5 heteroatoms. The number of hydrogen-bond donors (Lipinski definition) is 2. The monoisotopic (exact) mass is 250 g/mol. The van der Waals surface area contributed by atoms with Crippen molar-refractivity contribution >= 4 is 11.7 Å². The highest BCUT2D eigenvalue weighted by Gasteiger charge is 2.16. The van der Waals surface area contributed by atoms with Crippen LogP contribution in [0.1, 0.15) is 13.8 Å². The van der Waals surface area contributed by atoms with E-state index >= 15 is 0 Å². The highest BCUT2D eigenvalue weighted by molar-refractivity contribution is 5.91. The first-order chi connectivity index (χ1) is 8.66. The van der Waals surface area contributed by atoms with Crippen LogP contribution in [0.4, 0.5) is 10.5 Å². The summed E-state index contributed by atoms with van der Waals surface area (Å²) >= 11 is 0. The zero-order valence-electron chi connectivity index (χ0n) is 10.7. The minimum atomic E-state index is -0.230. The highest BCUT2D eigenvalue weighted by Crippen LogP contribution is 2.37. The van der Waals surface area contributed by atoms with Crippen LogP contribution >= 0.6 is 0 Å². The van der Waals surface area contributed by atoms with E-state index in [1.54, 1.807) is 6.07 Å². The molecular weight excluding hydrogens is 232 g/mol. The van der Waals surface area contributed by atoms with Gasteiger partial charge in [0.15, 0.2) is 11.5 Å². The summed E-state index contributed by atoms with van der Waals surface area (Å²) < 4.78 is 11.0. The Morgan fingerprint density at radius 2 is 2.11 bits per heavy atom. The Hall–Kier alpha value is -1.91. The number of para-hydroxylation sites is 1. The van der Waals surface area contributed by atoms with Crippen molar-refractivity contribution in [2.24, 2.45) is 5.92 Å². The largest absolute Gasteiger partial charge is 0.486 e. The van der Waals surface area contributed by atoms with E-state index in [0.717, 1.165) is 0 Å². The summed E-state index contributed by atoms with van der Waals surface area (Å²) in [6.07, 6.45) is 0. The van der Waals surface area contributed by atoms with E-state index in [2.05, 4.69) is 10.6 Å². The topological polar surface area (TPSA) is 59.6 Å². The molecule has 2 rings (SSSR count). The van der Waals surface area contributed by atoms with E-state index in [4.69, 9.17) is 9.47 Å². The van der Waals surface area contributed by atoms with Crippen LogP contribution in [0.2, 0.25) is 0 Å². The van der Waals surface area contributed by atoms with Crippen LogP contribution in [-0.4, -0.2) is 25.8 Å². The third-order valence-corrected chi connectivity index (χ3v) is 2.49. The van der Waals surface area contributed by atoms with Crippen molar-refractivity contribution in [2.45, 2.75) is 13.8 Å². The van der Waals surface area contributed by atoms with Gasteiger partial charge in [0.2, 0.25) is 0 Å². The maximum absolute atomic E-state index is 11.7. The standard InChI is InChI=1S/C13H18N2O3/c1-9(2)8-14-13(16)15-10-4-3-5-11-12(10)18-7-6-17-11/h3-5,9H,6-8H2,1-2H3,(H2,14,15,16). The summed E-state index contributed by atoms with van der Waals surface area (Å²) in [5.41, 5.74) is 0.633. The van der Waals surface area contributed by atoms with Gasteiger partial charge in [-0.1, -0.05) is 19.9 Å². The smallest absolute Gasteiger partial charge is 0.319 e. The SMILES string of the molecule is CC(C)CNC(=O)Nc1cccc2c1OCCO2. The molecule has 5 nitrogen and oxygen atoms in total.